The monoisotopic (exact) mass is 340 g/mol. The summed E-state index contributed by atoms with van der Waals surface area (Å²) >= 11 is 5.22. The Balaban J connectivity index is 1.80. The van der Waals surface area contributed by atoms with Crippen molar-refractivity contribution >= 4 is 18.4 Å². The van der Waals surface area contributed by atoms with Gasteiger partial charge in [-0.2, -0.15) is 14.9 Å². The normalized spacial score (nSPS) is 10.9. The summed E-state index contributed by atoms with van der Waals surface area (Å²) in [6, 6.07) is 17.1. The minimum absolute atomic E-state index is 0.250. The molecule has 0 saturated heterocycles. The van der Waals surface area contributed by atoms with Gasteiger partial charge in [-0.15, -0.1) is 0 Å². The van der Waals surface area contributed by atoms with E-state index in [9.17, 15) is 0 Å². The average molecular weight is 340 g/mol. The molecule has 0 radical (unpaired) electrons. The second kappa shape index (κ2) is 7.56. The lowest BCUT2D eigenvalue weighted by Gasteiger charge is -2.05. The molecule has 1 aromatic heterocycles. The largest absolute Gasteiger partial charge is 0.496 e. The zero-order valence-electron chi connectivity index (χ0n) is 13.0. The summed E-state index contributed by atoms with van der Waals surface area (Å²) in [5.74, 6) is 2.07. The lowest BCUT2D eigenvalue weighted by molar-refractivity contribution is 0.290. The van der Waals surface area contributed by atoms with Crippen molar-refractivity contribution < 1.29 is 9.47 Å². The topological polar surface area (TPSA) is 64.4 Å². The van der Waals surface area contributed by atoms with Crippen molar-refractivity contribution in [3.63, 3.8) is 0 Å². The fraction of sp³-hybridized carbons (Fsp3) is 0.118. The maximum absolute atomic E-state index is 5.69. The van der Waals surface area contributed by atoms with Crippen LogP contribution in [0.15, 0.2) is 59.7 Å². The molecular weight excluding hydrogens is 324 g/mol. The molecule has 3 aromatic rings. The summed E-state index contributed by atoms with van der Waals surface area (Å²) in [6.45, 7) is 0.250. The zero-order valence-corrected chi connectivity index (χ0v) is 13.9. The highest BCUT2D eigenvalue weighted by Crippen LogP contribution is 2.15. The molecule has 7 heteroatoms. The Morgan fingerprint density at radius 3 is 2.71 bits per heavy atom. The smallest absolute Gasteiger partial charge is 0.216 e. The second-order valence-corrected chi connectivity index (χ2v) is 5.23. The standard InChI is InChI=1S/C17H16N4O2S/c1-22-15-10-6-5-7-13(15)11-18-21-16(19-20-17(21)24)12-23-14-8-3-2-4-9-14/h2-11H,12H2,1H3,(H,20,24)/b18-11-. The van der Waals surface area contributed by atoms with Crippen LogP contribution in [0.1, 0.15) is 11.4 Å². The minimum atomic E-state index is 0.250. The van der Waals surface area contributed by atoms with E-state index in [4.69, 9.17) is 21.7 Å². The van der Waals surface area contributed by atoms with E-state index in [1.807, 2.05) is 54.6 Å². The van der Waals surface area contributed by atoms with Crippen LogP contribution in [0.3, 0.4) is 0 Å². The van der Waals surface area contributed by atoms with Crippen molar-refractivity contribution in [3.8, 4) is 11.5 Å². The summed E-state index contributed by atoms with van der Waals surface area (Å²) in [5.41, 5.74) is 0.845. The molecule has 0 spiro atoms. The summed E-state index contributed by atoms with van der Waals surface area (Å²) in [6.07, 6.45) is 1.68. The third-order valence-corrected chi connectivity index (χ3v) is 3.54. The number of nitrogens with one attached hydrogen (secondary N) is 1. The van der Waals surface area contributed by atoms with Crippen LogP contribution >= 0.6 is 12.2 Å². The molecule has 1 heterocycles. The summed E-state index contributed by atoms with van der Waals surface area (Å²) in [4.78, 5) is 0. The number of hydrogen-bond donors (Lipinski definition) is 1. The molecule has 6 nitrogen and oxygen atoms in total. The van der Waals surface area contributed by atoms with Crippen molar-refractivity contribution in [1.82, 2.24) is 14.9 Å². The van der Waals surface area contributed by atoms with Crippen molar-refractivity contribution in [2.75, 3.05) is 7.11 Å². The maximum atomic E-state index is 5.69. The number of aromatic amines is 1. The van der Waals surface area contributed by atoms with Gasteiger partial charge in [-0.1, -0.05) is 30.3 Å². The molecule has 0 saturated carbocycles. The van der Waals surface area contributed by atoms with E-state index in [0.29, 0.717) is 10.6 Å². The van der Waals surface area contributed by atoms with Crippen molar-refractivity contribution in [2.45, 2.75) is 6.61 Å². The zero-order chi connectivity index (χ0) is 16.8. The van der Waals surface area contributed by atoms with Crippen LogP contribution < -0.4 is 9.47 Å². The van der Waals surface area contributed by atoms with Crippen LogP contribution in [0, 0.1) is 4.77 Å². The molecule has 1 N–H and O–H groups in total. The molecule has 0 bridgehead atoms. The SMILES string of the molecule is COc1ccccc1/C=N\n1c(COc2ccccc2)n[nH]c1=S. The van der Waals surface area contributed by atoms with Crippen molar-refractivity contribution in [3.05, 3.63) is 70.8 Å². The van der Waals surface area contributed by atoms with E-state index in [1.54, 1.807) is 13.3 Å². The molecule has 0 atom stereocenters. The number of H-pyrrole nitrogens is 1. The highest BCUT2D eigenvalue weighted by Gasteiger charge is 2.06. The van der Waals surface area contributed by atoms with E-state index >= 15 is 0 Å². The number of para-hydroxylation sites is 2. The summed E-state index contributed by atoms with van der Waals surface area (Å²) < 4.78 is 12.9. The maximum Gasteiger partial charge on any atom is 0.216 e. The third kappa shape index (κ3) is 3.69. The molecule has 122 valence electrons. The van der Waals surface area contributed by atoms with Crippen LogP contribution in [-0.2, 0) is 6.61 Å². The van der Waals surface area contributed by atoms with E-state index in [0.717, 1.165) is 17.1 Å². The first-order valence-corrected chi connectivity index (χ1v) is 7.70. The van der Waals surface area contributed by atoms with Gasteiger partial charge < -0.3 is 9.47 Å². The second-order valence-electron chi connectivity index (χ2n) is 4.85. The van der Waals surface area contributed by atoms with Crippen LogP contribution in [0.4, 0.5) is 0 Å². The number of methoxy groups -OCH3 is 1. The predicted molar refractivity (Wildman–Crippen MR) is 94.2 cm³/mol. The molecule has 0 amide bonds. The molecule has 3 rings (SSSR count). The van der Waals surface area contributed by atoms with Gasteiger partial charge in [0.15, 0.2) is 5.82 Å². The molecule has 0 aliphatic heterocycles. The summed E-state index contributed by atoms with van der Waals surface area (Å²) in [7, 11) is 1.62. The molecule has 0 unspecified atom stereocenters. The van der Waals surface area contributed by atoms with E-state index in [2.05, 4.69) is 15.3 Å². The Bertz CT molecular complexity index is 887. The first-order valence-electron chi connectivity index (χ1n) is 7.29. The van der Waals surface area contributed by atoms with Gasteiger partial charge in [-0.25, -0.2) is 5.10 Å². The van der Waals surface area contributed by atoms with Crippen LogP contribution in [0.2, 0.25) is 0 Å². The van der Waals surface area contributed by atoms with Gasteiger partial charge in [-0.05, 0) is 36.5 Å². The van der Waals surface area contributed by atoms with Gasteiger partial charge in [0.1, 0.15) is 18.1 Å². The van der Waals surface area contributed by atoms with Gasteiger partial charge in [0.2, 0.25) is 4.77 Å². The molecule has 0 fully saturated rings. The van der Waals surface area contributed by atoms with Crippen LogP contribution in [-0.4, -0.2) is 28.2 Å². The highest BCUT2D eigenvalue weighted by atomic mass is 32.1. The molecule has 24 heavy (non-hydrogen) atoms. The highest BCUT2D eigenvalue weighted by molar-refractivity contribution is 7.71. The quantitative estimate of drug-likeness (QED) is 0.552. The van der Waals surface area contributed by atoms with Gasteiger partial charge >= 0.3 is 0 Å². The van der Waals surface area contributed by atoms with Gasteiger partial charge in [0.05, 0.1) is 13.3 Å². The van der Waals surface area contributed by atoms with Crippen molar-refractivity contribution in [1.29, 1.82) is 0 Å². The fourth-order valence-electron chi connectivity index (χ4n) is 2.09. The third-order valence-electron chi connectivity index (χ3n) is 3.28. The molecule has 0 aliphatic carbocycles. The van der Waals surface area contributed by atoms with Crippen LogP contribution in [0.5, 0.6) is 11.5 Å². The number of nitrogens with zero attached hydrogens (tertiary/aromatic N) is 3. The number of benzene rings is 2. The average Bonchev–Trinajstić information content (AvgIpc) is 2.99. The Hall–Kier alpha value is -2.93. The molecular formula is C17H16N4O2S. The molecule has 2 aromatic carbocycles. The Morgan fingerprint density at radius 2 is 1.92 bits per heavy atom. The van der Waals surface area contributed by atoms with Gasteiger partial charge in [0.25, 0.3) is 0 Å². The lowest BCUT2D eigenvalue weighted by atomic mass is 10.2. The first kappa shape index (κ1) is 15.9. The van der Waals surface area contributed by atoms with E-state index in [-0.39, 0.29) is 6.61 Å². The number of rotatable bonds is 6. The molecule has 0 aliphatic rings. The van der Waals surface area contributed by atoms with Gasteiger partial charge in [-0.3, -0.25) is 0 Å². The van der Waals surface area contributed by atoms with E-state index in [1.165, 1.54) is 4.68 Å². The van der Waals surface area contributed by atoms with Crippen LogP contribution in [0.25, 0.3) is 0 Å². The first-order chi connectivity index (χ1) is 11.8. The Labute approximate surface area is 144 Å². The van der Waals surface area contributed by atoms with E-state index < -0.39 is 0 Å². The van der Waals surface area contributed by atoms with Crippen molar-refractivity contribution in [2.24, 2.45) is 5.10 Å². The number of aromatic nitrogens is 3. The van der Waals surface area contributed by atoms with Gasteiger partial charge in [0, 0.05) is 5.56 Å². The Kier molecular flexibility index (Phi) is 5.02. The Morgan fingerprint density at radius 1 is 1.17 bits per heavy atom. The lowest BCUT2D eigenvalue weighted by Crippen LogP contribution is -2.04. The fourth-order valence-corrected chi connectivity index (χ4v) is 2.29. The number of hydrogen-bond acceptors (Lipinski definition) is 5. The minimum Gasteiger partial charge on any atom is -0.496 e. The predicted octanol–water partition coefficient (Wildman–Crippen LogP) is 3.41. The summed E-state index contributed by atoms with van der Waals surface area (Å²) in [5, 5.41) is 11.3. The number of ether oxygens (including phenoxy) is 2.